The summed E-state index contributed by atoms with van der Waals surface area (Å²) < 4.78 is 16.7. The summed E-state index contributed by atoms with van der Waals surface area (Å²) in [5, 5.41) is 9.73. The fourth-order valence-corrected chi connectivity index (χ4v) is 4.81. The van der Waals surface area contributed by atoms with Gasteiger partial charge in [0.25, 0.3) is 5.91 Å². The van der Waals surface area contributed by atoms with E-state index in [9.17, 15) is 14.7 Å². The number of furan rings is 2. The van der Waals surface area contributed by atoms with Crippen LogP contribution in [0, 0.1) is 6.92 Å². The number of nitrogens with zero attached hydrogens (tertiary/aromatic N) is 2. The lowest BCUT2D eigenvalue weighted by atomic mass is 10.0. The van der Waals surface area contributed by atoms with Crippen LogP contribution >= 0.6 is 11.8 Å². The molecular formula is C28H22N2O6S. The van der Waals surface area contributed by atoms with Crippen LogP contribution in [0.4, 0.5) is 5.69 Å². The summed E-state index contributed by atoms with van der Waals surface area (Å²) >= 11 is 1.25. The molecule has 5 rings (SSSR count). The van der Waals surface area contributed by atoms with Gasteiger partial charge < -0.3 is 18.7 Å². The number of benzene rings is 2. The minimum Gasteiger partial charge on any atom is -0.497 e. The maximum absolute atomic E-state index is 13.4. The SMILES string of the molecule is COc1ccc(N=C2S/C(=C\c3ccc(-c4ccc(C(=O)O)cc4C)o3)C(=O)N2Cc2ccco2)cc1. The molecule has 0 spiro atoms. The van der Waals surface area contributed by atoms with Gasteiger partial charge in [0.2, 0.25) is 0 Å². The zero-order valence-corrected chi connectivity index (χ0v) is 20.8. The second kappa shape index (κ2) is 10.2. The van der Waals surface area contributed by atoms with Crippen LogP contribution in [0.25, 0.3) is 17.4 Å². The molecule has 0 radical (unpaired) electrons. The van der Waals surface area contributed by atoms with Crippen molar-refractivity contribution in [3.8, 4) is 17.1 Å². The number of hydrogen-bond donors (Lipinski definition) is 1. The first-order valence-corrected chi connectivity index (χ1v) is 12.1. The van der Waals surface area contributed by atoms with Gasteiger partial charge >= 0.3 is 5.97 Å². The number of ether oxygens (including phenoxy) is 1. The van der Waals surface area contributed by atoms with E-state index in [0.717, 1.165) is 11.1 Å². The smallest absolute Gasteiger partial charge is 0.335 e. The van der Waals surface area contributed by atoms with Crippen LogP contribution in [0.15, 0.2) is 91.7 Å². The van der Waals surface area contributed by atoms with E-state index >= 15 is 0 Å². The van der Waals surface area contributed by atoms with Crippen molar-refractivity contribution >= 4 is 40.6 Å². The number of amidine groups is 1. The number of carbonyl (C=O) groups is 2. The highest BCUT2D eigenvalue weighted by molar-refractivity contribution is 8.18. The van der Waals surface area contributed by atoms with E-state index in [1.54, 1.807) is 60.7 Å². The molecule has 2 aromatic heterocycles. The predicted molar refractivity (Wildman–Crippen MR) is 141 cm³/mol. The molecule has 1 aliphatic heterocycles. The highest BCUT2D eigenvalue weighted by atomic mass is 32.2. The van der Waals surface area contributed by atoms with E-state index in [0.29, 0.717) is 38.8 Å². The van der Waals surface area contributed by atoms with Crippen LogP contribution in [0.5, 0.6) is 5.75 Å². The van der Waals surface area contributed by atoms with Crippen molar-refractivity contribution in [2.75, 3.05) is 7.11 Å². The minimum absolute atomic E-state index is 0.212. The maximum atomic E-state index is 13.4. The van der Waals surface area contributed by atoms with Gasteiger partial charge in [-0.25, -0.2) is 9.79 Å². The van der Waals surface area contributed by atoms with Gasteiger partial charge in [-0.3, -0.25) is 9.69 Å². The number of carbonyl (C=O) groups excluding carboxylic acids is 1. The van der Waals surface area contributed by atoms with Gasteiger partial charge in [-0.15, -0.1) is 0 Å². The third kappa shape index (κ3) is 5.22. The predicted octanol–water partition coefficient (Wildman–Crippen LogP) is 6.36. The molecule has 1 N–H and O–H groups in total. The van der Waals surface area contributed by atoms with E-state index in [4.69, 9.17) is 18.6 Å². The Morgan fingerprint density at radius 1 is 1.14 bits per heavy atom. The summed E-state index contributed by atoms with van der Waals surface area (Å²) in [7, 11) is 1.60. The van der Waals surface area contributed by atoms with Crippen LogP contribution in [0.1, 0.15) is 27.4 Å². The molecule has 1 amide bonds. The summed E-state index contributed by atoms with van der Waals surface area (Å²) in [6.07, 6.45) is 3.25. The third-order valence-corrected chi connectivity index (χ3v) is 6.72. The second-order valence-corrected chi connectivity index (χ2v) is 9.22. The number of rotatable bonds is 7. The topological polar surface area (TPSA) is 105 Å². The summed E-state index contributed by atoms with van der Waals surface area (Å²) in [5.41, 5.74) is 2.45. The summed E-state index contributed by atoms with van der Waals surface area (Å²) in [6.45, 7) is 2.07. The fraction of sp³-hybridized carbons (Fsp3) is 0.107. The van der Waals surface area contributed by atoms with Gasteiger partial charge in [-0.05, 0) is 84.9 Å². The van der Waals surface area contributed by atoms with E-state index in [-0.39, 0.29) is 18.0 Å². The van der Waals surface area contributed by atoms with Crippen molar-refractivity contribution in [3.05, 3.63) is 101 Å². The zero-order chi connectivity index (χ0) is 25.9. The number of amides is 1. The molecular weight excluding hydrogens is 492 g/mol. The van der Waals surface area contributed by atoms with Gasteiger partial charge in [-0.2, -0.15) is 0 Å². The number of methoxy groups -OCH3 is 1. The van der Waals surface area contributed by atoms with Gasteiger partial charge in [0.15, 0.2) is 5.17 Å². The maximum Gasteiger partial charge on any atom is 0.335 e. The Kier molecular flexibility index (Phi) is 6.70. The van der Waals surface area contributed by atoms with Crippen molar-refractivity contribution < 1.29 is 28.3 Å². The van der Waals surface area contributed by atoms with Crippen LogP contribution in [0.3, 0.4) is 0 Å². The Balaban J connectivity index is 1.44. The molecule has 0 bridgehead atoms. The molecule has 9 heteroatoms. The number of carboxylic acids is 1. The van der Waals surface area contributed by atoms with E-state index in [1.807, 2.05) is 31.2 Å². The zero-order valence-electron chi connectivity index (χ0n) is 20.0. The van der Waals surface area contributed by atoms with Gasteiger partial charge in [0.1, 0.15) is 23.0 Å². The average Bonchev–Trinajstić information content (AvgIpc) is 3.64. The average molecular weight is 515 g/mol. The number of hydrogen-bond acceptors (Lipinski definition) is 7. The minimum atomic E-state index is -0.984. The molecule has 1 fully saturated rings. The van der Waals surface area contributed by atoms with Crippen molar-refractivity contribution in [2.24, 2.45) is 4.99 Å². The lowest BCUT2D eigenvalue weighted by Gasteiger charge is -2.13. The lowest BCUT2D eigenvalue weighted by Crippen LogP contribution is -2.28. The normalized spacial score (nSPS) is 15.6. The highest BCUT2D eigenvalue weighted by Crippen LogP contribution is 2.36. The number of aryl methyl sites for hydroxylation is 1. The van der Waals surface area contributed by atoms with Gasteiger partial charge in [0.05, 0.1) is 36.1 Å². The molecule has 8 nitrogen and oxygen atoms in total. The van der Waals surface area contributed by atoms with Crippen molar-refractivity contribution in [3.63, 3.8) is 0 Å². The van der Waals surface area contributed by atoms with Crippen molar-refractivity contribution in [1.29, 1.82) is 0 Å². The van der Waals surface area contributed by atoms with Crippen molar-refractivity contribution in [2.45, 2.75) is 13.5 Å². The first-order valence-electron chi connectivity index (χ1n) is 11.3. The van der Waals surface area contributed by atoms with Crippen LogP contribution in [-0.4, -0.2) is 34.2 Å². The standard InChI is InChI=1S/C28H22N2O6S/c1-17-14-18(27(32)33)5-11-23(17)24-12-10-21(36-24)15-25-26(31)30(16-22-4-3-13-35-22)28(37-25)29-19-6-8-20(34-2)9-7-19/h3-15H,16H2,1-2H3,(H,32,33)/b25-15-,29-28?. The van der Waals surface area contributed by atoms with E-state index < -0.39 is 5.97 Å². The molecule has 0 atom stereocenters. The van der Waals surface area contributed by atoms with Crippen LogP contribution in [-0.2, 0) is 11.3 Å². The van der Waals surface area contributed by atoms with Crippen LogP contribution < -0.4 is 4.74 Å². The molecule has 186 valence electrons. The molecule has 1 aliphatic rings. The number of thioether (sulfide) groups is 1. The van der Waals surface area contributed by atoms with Crippen LogP contribution in [0.2, 0.25) is 0 Å². The summed E-state index contributed by atoms with van der Waals surface area (Å²) in [6, 6.07) is 19.3. The molecule has 3 heterocycles. The quantitative estimate of drug-likeness (QED) is 0.286. The lowest BCUT2D eigenvalue weighted by molar-refractivity contribution is -0.122. The van der Waals surface area contributed by atoms with E-state index in [1.165, 1.54) is 17.8 Å². The molecule has 4 aromatic rings. The molecule has 1 saturated heterocycles. The molecule has 0 aliphatic carbocycles. The summed E-state index contributed by atoms with van der Waals surface area (Å²) in [4.78, 5) is 31.3. The van der Waals surface area contributed by atoms with Gasteiger partial charge in [0, 0.05) is 11.6 Å². The Labute approximate surface area is 216 Å². The Morgan fingerprint density at radius 2 is 1.95 bits per heavy atom. The number of carboxylic acid groups (broad SMARTS) is 1. The Hall–Kier alpha value is -4.50. The molecule has 0 unspecified atom stereocenters. The fourth-order valence-electron chi connectivity index (χ4n) is 3.83. The highest BCUT2D eigenvalue weighted by Gasteiger charge is 2.34. The Bertz CT molecular complexity index is 1520. The Morgan fingerprint density at radius 3 is 2.62 bits per heavy atom. The second-order valence-electron chi connectivity index (χ2n) is 8.21. The molecule has 2 aromatic carbocycles. The largest absolute Gasteiger partial charge is 0.497 e. The van der Waals surface area contributed by atoms with Gasteiger partial charge in [-0.1, -0.05) is 6.07 Å². The first-order chi connectivity index (χ1) is 17.9. The molecule has 0 saturated carbocycles. The third-order valence-electron chi connectivity index (χ3n) is 5.72. The monoisotopic (exact) mass is 514 g/mol. The summed E-state index contributed by atoms with van der Waals surface area (Å²) in [5.74, 6) is 1.23. The first kappa shape index (κ1) is 24.2. The number of aliphatic imine (C=N–C) groups is 1. The van der Waals surface area contributed by atoms with E-state index in [2.05, 4.69) is 0 Å². The van der Waals surface area contributed by atoms with Crippen molar-refractivity contribution in [1.82, 2.24) is 4.90 Å². The molecule has 37 heavy (non-hydrogen) atoms. The number of aromatic carboxylic acids is 1.